The Morgan fingerprint density at radius 2 is 1.50 bits per heavy atom. The van der Waals surface area contributed by atoms with Crippen LogP contribution in [0.15, 0.2) is 60.7 Å². The van der Waals surface area contributed by atoms with E-state index < -0.39 is 6.10 Å². The van der Waals surface area contributed by atoms with Crippen LogP contribution in [0.1, 0.15) is 23.7 Å². The second-order valence-electron chi connectivity index (χ2n) is 4.25. The first-order chi connectivity index (χ1) is 8.86. The number of aliphatic hydroxyl groups excluding tert-OH is 1. The van der Waals surface area contributed by atoms with Crippen molar-refractivity contribution in [3.05, 3.63) is 71.8 Å². The number of rotatable bonds is 6. The van der Waals surface area contributed by atoms with Crippen molar-refractivity contribution in [3.63, 3.8) is 0 Å². The summed E-state index contributed by atoms with van der Waals surface area (Å²) in [5.74, 6) is 0. The summed E-state index contributed by atoms with van der Waals surface area (Å²) in [4.78, 5) is 0. The molecule has 0 radical (unpaired) electrons. The van der Waals surface area contributed by atoms with E-state index in [1.807, 2.05) is 60.7 Å². The number of ether oxygens (including phenoxy) is 1. The van der Waals surface area contributed by atoms with Crippen LogP contribution in [0.2, 0.25) is 0 Å². The minimum atomic E-state index is -0.443. The van der Waals surface area contributed by atoms with Crippen LogP contribution in [0.3, 0.4) is 0 Å². The zero-order valence-corrected chi connectivity index (χ0v) is 10.3. The molecule has 0 saturated heterocycles. The van der Waals surface area contributed by atoms with E-state index in [0.717, 1.165) is 11.1 Å². The highest BCUT2D eigenvalue weighted by atomic mass is 16.5. The molecule has 0 aliphatic carbocycles. The topological polar surface area (TPSA) is 29.5 Å². The number of benzene rings is 2. The van der Waals surface area contributed by atoms with Crippen molar-refractivity contribution in [3.8, 4) is 0 Å². The molecule has 0 saturated carbocycles. The minimum absolute atomic E-state index is 0.443. The maximum Gasteiger partial charge on any atom is 0.0812 e. The summed E-state index contributed by atoms with van der Waals surface area (Å²) >= 11 is 0. The summed E-state index contributed by atoms with van der Waals surface area (Å²) in [6.07, 6.45) is 0.179. The van der Waals surface area contributed by atoms with Crippen molar-refractivity contribution in [2.45, 2.75) is 19.1 Å². The highest BCUT2D eigenvalue weighted by Crippen LogP contribution is 2.15. The van der Waals surface area contributed by atoms with Gasteiger partial charge in [-0.25, -0.2) is 0 Å². The summed E-state index contributed by atoms with van der Waals surface area (Å²) in [6.45, 7) is 1.16. The van der Waals surface area contributed by atoms with Crippen LogP contribution >= 0.6 is 0 Å². The molecule has 0 aliphatic heterocycles. The molecule has 2 rings (SSSR count). The van der Waals surface area contributed by atoms with Gasteiger partial charge in [0.15, 0.2) is 0 Å². The molecule has 0 fully saturated rings. The van der Waals surface area contributed by atoms with E-state index in [-0.39, 0.29) is 0 Å². The van der Waals surface area contributed by atoms with E-state index in [2.05, 4.69) is 0 Å². The molecule has 0 aromatic heterocycles. The molecule has 0 amide bonds. The first-order valence-electron chi connectivity index (χ1n) is 6.21. The van der Waals surface area contributed by atoms with Crippen molar-refractivity contribution in [1.82, 2.24) is 0 Å². The molecule has 2 aromatic rings. The summed E-state index contributed by atoms with van der Waals surface area (Å²) in [7, 11) is 0. The standard InChI is InChI=1S/C16H18O2/c17-16(15-9-5-2-6-10-15)11-12-18-13-14-7-3-1-4-8-14/h1-10,16-17H,11-13H2/t16-/m0/s1. The molecule has 0 bridgehead atoms. The van der Waals surface area contributed by atoms with E-state index in [9.17, 15) is 5.11 Å². The van der Waals surface area contributed by atoms with E-state index in [4.69, 9.17) is 4.74 Å². The monoisotopic (exact) mass is 242 g/mol. The molecule has 0 spiro atoms. The van der Waals surface area contributed by atoms with E-state index in [1.54, 1.807) is 0 Å². The Morgan fingerprint density at radius 3 is 2.17 bits per heavy atom. The average Bonchev–Trinajstić information content (AvgIpc) is 2.45. The van der Waals surface area contributed by atoms with Crippen LogP contribution in [-0.4, -0.2) is 11.7 Å². The number of aliphatic hydroxyl groups is 1. The van der Waals surface area contributed by atoms with Gasteiger partial charge >= 0.3 is 0 Å². The maximum atomic E-state index is 9.94. The Kier molecular flexibility index (Phi) is 4.94. The largest absolute Gasteiger partial charge is 0.388 e. The van der Waals surface area contributed by atoms with Gasteiger partial charge in [-0.1, -0.05) is 60.7 Å². The molecule has 2 aromatic carbocycles. The van der Waals surface area contributed by atoms with Gasteiger partial charge in [-0.05, 0) is 11.1 Å². The van der Waals surface area contributed by atoms with Gasteiger partial charge in [-0.15, -0.1) is 0 Å². The van der Waals surface area contributed by atoms with Crippen LogP contribution in [0.4, 0.5) is 0 Å². The van der Waals surface area contributed by atoms with E-state index >= 15 is 0 Å². The lowest BCUT2D eigenvalue weighted by Gasteiger charge is -2.11. The van der Waals surface area contributed by atoms with Gasteiger partial charge < -0.3 is 9.84 Å². The third kappa shape index (κ3) is 3.99. The molecule has 2 nitrogen and oxygen atoms in total. The fourth-order valence-electron chi connectivity index (χ4n) is 1.80. The minimum Gasteiger partial charge on any atom is -0.388 e. The van der Waals surface area contributed by atoms with E-state index in [0.29, 0.717) is 19.6 Å². The van der Waals surface area contributed by atoms with Gasteiger partial charge in [0.05, 0.1) is 12.7 Å². The highest BCUT2D eigenvalue weighted by Gasteiger charge is 2.06. The summed E-state index contributed by atoms with van der Waals surface area (Å²) in [5, 5.41) is 9.94. The quantitative estimate of drug-likeness (QED) is 0.787. The number of hydrogen-bond donors (Lipinski definition) is 1. The molecule has 0 heterocycles. The first-order valence-corrected chi connectivity index (χ1v) is 6.21. The van der Waals surface area contributed by atoms with Gasteiger partial charge in [-0.3, -0.25) is 0 Å². The molecule has 1 N–H and O–H groups in total. The fourth-order valence-corrected chi connectivity index (χ4v) is 1.80. The lowest BCUT2D eigenvalue weighted by Crippen LogP contribution is -2.03. The van der Waals surface area contributed by atoms with Gasteiger partial charge in [0, 0.05) is 13.0 Å². The molecule has 2 heteroatoms. The van der Waals surface area contributed by atoms with Crippen molar-refractivity contribution in [1.29, 1.82) is 0 Å². The number of hydrogen-bond acceptors (Lipinski definition) is 2. The van der Waals surface area contributed by atoms with Gasteiger partial charge in [-0.2, -0.15) is 0 Å². The van der Waals surface area contributed by atoms with Crippen molar-refractivity contribution in [2.75, 3.05) is 6.61 Å². The Labute approximate surface area is 108 Å². The van der Waals surface area contributed by atoms with Crippen LogP contribution in [0.5, 0.6) is 0 Å². The third-order valence-corrected chi connectivity index (χ3v) is 2.83. The Morgan fingerprint density at radius 1 is 0.889 bits per heavy atom. The molecule has 94 valence electrons. The van der Waals surface area contributed by atoms with Gasteiger partial charge in [0.1, 0.15) is 0 Å². The smallest absolute Gasteiger partial charge is 0.0812 e. The predicted octanol–water partition coefficient (Wildman–Crippen LogP) is 3.33. The summed E-state index contributed by atoms with van der Waals surface area (Å²) in [6, 6.07) is 19.7. The second kappa shape index (κ2) is 6.94. The predicted molar refractivity (Wildman–Crippen MR) is 72.1 cm³/mol. The zero-order valence-electron chi connectivity index (χ0n) is 10.3. The molecular formula is C16H18O2. The van der Waals surface area contributed by atoms with Crippen molar-refractivity contribution >= 4 is 0 Å². The molecule has 0 aliphatic rings. The molecule has 0 unspecified atom stereocenters. The average molecular weight is 242 g/mol. The molecule has 1 atom stereocenters. The maximum absolute atomic E-state index is 9.94. The Hall–Kier alpha value is -1.64. The Bertz CT molecular complexity index is 439. The van der Waals surface area contributed by atoms with Crippen LogP contribution in [0.25, 0.3) is 0 Å². The van der Waals surface area contributed by atoms with Gasteiger partial charge in [0.2, 0.25) is 0 Å². The Balaban J connectivity index is 1.70. The highest BCUT2D eigenvalue weighted by molar-refractivity contribution is 5.17. The molecule has 18 heavy (non-hydrogen) atoms. The van der Waals surface area contributed by atoms with Crippen LogP contribution in [0, 0.1) is 0 Å². The SMILES string of the molecule is O[C@@H](CCOCc1ccccc1)c1ccccc1. The van der Waals surface area contributed by atoms with Gasteiger partial charge in [0.25, 0.3) is 0 Å². The second-order valence-corrected chi connectivity index (χ2v) is 4.25. The zero-order chi connectivity index (χ0) is 12.6. The normalized spacial score (nSPS) is 12.3. The lowest BCUT2D eigenvalue weighted by atomic mass is 10.1. The van der Waals surface area contributed by atoms with Crippen LogP contribution in [-0.2, 0) is 11.3 Å². The summed E-state index contributed by atoms with van der Waals surface area (Å²) in [5.41, 5.74) is 2.10. The summed E-state index contributed by atoms with van der Waals surface area (Å²) < 4.78 is 5.55. The third-order valence-electron chi connectivity index (χ3n) is 2.83. The van der Waals surface area contributed by atoms with Crippen molar-refractivity contribution in [2.24, 2.45) is 0 Å². The van der Waals surface area contributed by atoms with Crippen LogP contribution < -0.4 is 0 Å². The van der Waals surface area contributed by atoms with Crippen molar-refractivity contribution < 1.29 is 9.84 Å². The fraction of sp³-hybridized carbons (Fsp3) is 0.250. The molecular weight excluding hydrogens is 224 g/mol. The first kappa shape index (κ1) is 12.8. The lowest BCUT2D eigenvalue weighted by molar-refractivity contribution is 0.0733. The van der Waals surface area contributed by atoms with E-state index in [1.165, 1.54) is 0 Å².